The average molecular weight is 323 g/mol. The fraction of sp³-hybridized carbons (Fsp3) is 0.250. The van der Waals surface area contributed by atoms with E-state index in [1.54, 1.807) is 11.5 Å². The van der Waals surface area contributed by atoms with Gasteiger partial charge in [0, 0.05) is 5.39 Å². The zero-order valence-electron chi connectivity index (χ0n) is 14.2. The van der Waals surface area contributed by atoms with Crippen LogP contribution in [0.15, 0.2) is 54.6 Å². The van der Waals surface area contributed by atoms with Gasteiger partial charge >= 0.3 is 6.09 Å². The molecule has 0 unspecified atom stereocenters. The summed E-state index contributed by atoms with van der Waals surface area (Å²) in [6, 6.07) is 17.6. The van der Waals surface area contributed by atoms with E-state index in [2.05, 4.69) is 0 Å². The van der Waals surface area contributed by atoms with Crippen LogP contribution in [-0.2, 0) is 4.74 Å². The lowest BCUT2D eigenvalue weighted by molar-refractivity contribution is 0.155. The van der Waals surface area contributed by atoms with Crippen molar-refractivity contribution in [3.63, 3.8) is 0 Å². The fourth-order valence-corrected chi connectivity index (χ4v) is 2.73. The van der Waals surface area contributed by atoms with Crippen LogP contribution in [-0.4, -0.2) is 23.4 Å². The molecule has 4 nitrogen and oxygen atoms in total. The first-order valence-corrected chi connectivity index (χ1v) is 8.15. The van der Waals surface area contributed by atoms with Crippen LogP contribution in [0.4, 0.5) is 4.79 Å². The predicted octanol–water partition coefficient (Wildman–Crippen LogP) is 5.10. The summed E-state index contributed by atoms with van der Waals surface area (Å²) in [5, 5.41) is 1.00. The number of fused-ring (bicyclic) bond motifs is 1. The minimum Gasteiger partial charge on any atom is -0.491 e. The highest BCUT2D eigenvalue weighted by Gasteiger charge is 2.17. The van der Waals surface area contributed by atoms with Crippen LogP contribution < -0.4 is 4.74 Å². The first-order chi connectivity index (χ1) is 11.6. The minimum absolute atomic E-state index is 0.127. The first kappa shape index (κ1) is 16.1. The molecule has 124 valence electrons. The SMILES string of the molecule is CCOC(=O)n1c(-c2ccc(OC(C)C)cc2)cc2ccccc21. The van der Waals surface area contributed by atoms with Gasteiger partial charge in [-0.1, -0.05) is 18.2 Å². The van der Waals surface area contributed by atoms with Crippen molar-refractivity contribution >= 4 is 17.0 Å². The lowest BCUT2D eigenvalue weighted by atomic mass is 10.1. The summed E-state index contributed by atoms with van der Waals surface area (Å²) in [7, 11) is 0. The largest absolute Gasteiger partial charge is 0.491 e. The summed E-state index contributed by atoms with van der Waals surface area (Å²) < 4.78 is 12.5. The Morgan fingerprint density at radius 3 is 2.46 bits per heavy atom. The van der Waals surface area contributed by atoms with Crippen molar-refractivity contribution in [2.75, 3.05) is 6.61 Å². The molecule has 24 heavy (non-hydrogen) atoms. The number of hydrogen-bond acceptors (Lipinski definition) is 3. The van der Waals surface area contributed by atoms with Crippen LogP contribution in [0.25, 0.3) is 22.2 Å². The number of carbonyl (C=O) groups excluding carboxylic acids is 1. The number of para-hydroxylation sites is 1. The highest BCUT2D eigenvalue weighted by Crippen LogP contribution is 2.30. The Balaban J connectivity index is 2.08. The van der Waals surface area contributed by atoms with E-state index >= 15 is 0 Å². The molecule has 1 heterocycles. The number of carbonyl (C=O) groups is 1. The molecule has 2 aromatic carbocycles. The molecule has 0 saturated carbocycles. The van der Waals surface area contributed by atoms with Crippen LogP contribution in [0.3, 0.4) is 0 Å². The van der Waals surface area contributed by atoms with Gasteiger partial charge in [0.25, 0.3) is 0 Å². The molecular weight excluding hydrogens is 302 g/mol. The van der Waals surface area contributed by atoms with Crippen molar-refractivity contribution in [2.45, 2.75) is 26.9 Å². The maximum absolute atomic E-state index is 12.4. The molecule has 0 aliphatic heterocycles. The van der Waals surface area contributed by atoms with Crippen molar-refractivity contribution in [2.24, 2.45) is 0 Å². The lowest BCUT2D eigenvalue weighted by Crippen LogP contribution is -2.14. The molecule has 0 bridgehead atoms. The smallest absolute Gasteiger partial charge is 0.418 e. The van der Waals surface area contributed by atoms with E-state index in [9.17, 15) is 4.79 Å². The van der Waals surface area contributed by atoms with Gasteiger partial charge in [0.2, 0.25) is 0 Å². The third kappa shape index (κ3) is 3.13. The lowest BCUT2D eigenvalue weighted by Gasteiger charge is -2.12. The van der Waals surface area contributed by atoms with E-state index in [-0.39, 0.29) is 12.2 Å². The second kappa shape index (κ2) is 6.79. The van der Waals surface area contributed by atoms with Crippen molar-refractivity contribution in [3.8, 4) is 17.0 Å². The molecule has 0 spiro atoms. The van der Waals surface area contributed by atoms with Gasteiger partial charge in [0.15, 0.2) is 0 Å². The first-order valence-electron chi connectivity index (χ1n) is 8.15. The highest BCUT2D eigenvalue weighted by atomic mass is 16.5. The zero-order chi connectivity index (χ0) is 17.1. The number of rotatable bonds is 4. The number of ether oxygens (including phenoxy) is 2. The standard InChI is InChI=1S/C20H21NO3/c1-4-23-20(22)21-18-8-6-5-7-16(18)13-19(21)15-9-11-17(12-10-15)24-14(2)3/h5-14H,4H2,1-3H3. The monoisotopic (exact) mass is 323 g/mol. The predicted molar refractivity (Wildman–Crippen MR) is 95.6 cm³/mol. The van der Waals surface area contributed by atoms with Gasteiger partial charge < -0.3 is 9.47 Å². The fourth-order valence-electron chi connectivity index (χ4n) is 2.73. The molecule has 0 amide bonds. The number of benzene rings is 2. The molecule has 3 aromatic rings. The molecule has 3 rings (SSSR count). The van der Waals surface area contributed by atoms with Gasteiger partial charge in [-0.05, 0) is 62.7 Å². The molecule has 0 fully saturated rings. The molecule has 0 radical (unpaired) electrons. The molecule has 0 saturated heterocycles. The van der Waals surface area contributed by atoms with Crippen LogP contribution in [0, 0.1) is 0 Å². The average Bonchev–Trinajstić information content (AvgIpc) is 2.94. The molecular formula is C20H21NO3. The van der Waals surface area contributed by atoms with Gasteiger partial charge in [0.05, 0.1) is 23.9 Å². The molecule has 0 atom stereocenters. The van der Waals surface area contributed by atoms with Gasteiger partial charge in [-0.2, -0.15) is 0 Å². The normalized spacial score (nSPS) is 11.0. The number of hydrogen-bond donors (Lipinski definition) is 0. The number of nitrogens with zero attached hydrogens (tertiary/aromatic N) is 1. The topological polar surface area (TPSA) is 40.5 Å². The van der Waals surface area contributed by atoms with E-state index in [0.717, 1.165) is 27.9 Å². The van der Waals surface area contributed by atoms with E-state index < -0.39 is 0 Å². The maximum Gasteiger partial charge on any atom is 0.418 e. The summed E-state index contributed by atoms with van der Waals surface area (Å²) in [4.78, 5) is 12.4. The summed E-state index contributed by atoms with van der Waals surface area (Å²) >= 11 is 0. The Morgan fingerprint density at radius 1 is 1.08 bits per heavy atom. The number of aromatic nitrogens is 1. The Morgan fingerprint density at radius 2 is 1.79 bits per heavy atom. The van der Waals surface area contributed by atoms with Crippen LogP contribution in [0.1, 0.15) is 20.8 Å². The Kier molecular flexibility index (Phi) is 4.56. The molecule has 0 N–H and O–H groups in total. The van der Waals surface area contributed by atoms with Gasteiger partial charge in [0.1, 0.15) is 5.75 Å². The van der Waals surface area contributed by atoms with Crippen LogP contribution >= 0.6 is 0 Å². The summed E-state index contributed by atoms with van der Waals surface area (Å²) in [5.41, 5.74) is 2.59. The third-order valence-electron chi connectivity index (χ3n) is 3.68. The summed E-state index contributed by atoms with van der Waals surface area (Å²) in [5.74, 6) is 0.813. The van der Waals surface area contributed by atoms with E-state index in [4.69, 9.17) is 9.47 Å². The van der Waals surface area contributed by atoms with Crippen molar-refractivity contribution < 1.29 is 14.3 Å². The quantitative estimate of drug-likeness (QED) is 0.670. The zero-order valence-corrected chi connectivity index (χ0v) is 14.2. The maximum atomic E-state index is 12.4. The second-order valence-electron chi connectivity index (χ2n) is 5.81. The summed E-state index contributed by atoms with van der Waals surface area (Å²) in [6.07, 6.45) is -0.238. The van der Waals surface area contributed by atoms with E-state index in [1.165, 1.54) is 0 Å². The van der Waals surface area contributed by atoms with E-state index in [0.29, 0.717) is 6.61 Å². The van der Waals surface area contributed by atoms with Crippen LogP contribution in [0.5, 0.6) is 5.75 Å². The Hall–Kier alpha value is -2.75. The second-order valence-corrected chi connectivity index (χ2v) is 5.81. The highest BCUT2D eigenvalue weighted by molar-refractivity contribution is 5.96. The van der Waals surface area contributed by atoms with Crippen molar-refractivity contribution in [1.82, 2.24) is 4.57 Å². The Labute approximate surface area is 141 Å². The van der Waals surface area contributed by atoms with Gasteiger partial charge in [-0.25, -0.2) is 9.36 Å². The molecule has 4 heteroatoms. The Bertz CT molecular complexity index is 847. The van der Waals surface area contributed by atoms with Gasteiger partial charge in [-0.3, -0.25) is 0 Å². The van der Waals surface area contributed by atoms with Crippen molar-refractivity contribution in [1.29, 1.82) is 0 Å². The summed E-state index contributed by atoms with van der Waals surface area (Å²) in [6.45, 7) is 6.13. The molecule has 1 aromatic heterocycles. The van der Waals surface area contributed by atoms with Crippen molar-refractivity contribution in [3.05, 3.63) is 54.6 Å². The van der Waals surface area contributed by atoms with Crippen LogP contribution in [0.2, 0.25) is 0 Å². The third-order valence-corrected chi connectivity index (χ3v) is 3.68. The molecule has 0 aliphatic carbocycles. The molecule has 0 aliphatic rings. The van der Waals surface area contributed by atoms with Gasteiger partial charge in [-0.15, -0.1) is 0 Å². The van der Waals surface area contributed by atoms with E-state index in [1.807, 2.05) is 68.4 Å². The minimum atomic E-state index is -0.365.